The van der Waals surface area contributed by atoms with Crippen LogP contribution < -0.4 is 5.32 Å². The Balaban J connectivity index is 0.000000244. The number of carbonyl (C=O) groups is 3. The highest BCUT2D eigenvalue weighted by Crippen LogP contribution is 2.31. The standard InChI is InChI=1S/C16H23NO2.C9H10O4/c1-16(2,3)15(18)19-11-9-14-13-7-5-4-6-12(13)8-10-17-14;1-9(8(12)13)4-2-3-6(5-9)7(10)11/h4-7,14,17H,8-11H2,1-3H3;2-4H,5H2,1H3,(H,10,11)(H,12,13). The summed E-state index contributed by atoms with van der Waals surface area (Å²) in [6, 6.07) is 8.81. The van der Waals surface area contributed by atoms with Crippen LogP contribution in [0.25, 0.3) is 0 Å². The molecule has 0 radical (unpaired) electrons. The van der Waals surface area contributed by atoms with Gasteiger partial charge in [-0.05, 0) is 58.2 Å². The van der Waals surface area contributed by atoms with Gasteiger partial charge in [0.2, 0.25) is 0 Å². The summed E-state index contributed by atoms with van der Waals surface area (Å²) in [7, 11) is 0. The maximum absolute atomic E-state index is 11.7. The molecular weight excluding hydrogens is 410 g/mol. The molecule has 1 aliphatic heterocycles. The maximum Gasteiger partial charge on any atom is 0.331 e. The van der Waals surface area contributed by atoms with Gasteiger partial charge < -0.3 is 20.3 Å². The van der Waals surface area contributed by atoms with Gasteiger partial charge in [0.1, 0.15) is 0 Å². The minimum Gasteiger partial charge on any atom is -0.481 e. The number of hydrogen-bond donors (Lipinski definition) is 3. The van der Waals surface area contributed by atoms with Crippen molar-refractivity contribution in [2.24, 2.45) is 10.8 Å². The fourth-order valence-corrected chi connectivity index (χ4v) is 3.52. The second-order valence-electron chi connectivity index (χ2n) is 9.39. The first kappa shape index (κ1) is 25.3. The lowest BCUT2D eigenvalue weighted by molar-refractivity contribution is -0.153. The average molecular weight is 444 g/mol. The minimum atomic E-state index is -1.08. The lowest BCUT2D eigenvalue weighted by Gasteiger charge is -2.27. The van der Waals surface area contributed by atoms with E-state index in [4.69, 9.17) is 14.9 Å². The van der Waals surface area contributed by atoms with E-state index in [2.05, 4.69) is 29.6 Å². The van der Waals surface area contributed by atoms with E-state index in [1.54, 1.807) is 0 Å². The summed E-state index contributed by atoms with van der Waals surface area (Å²) in [4.78, 5) is 33.1. The molecule has 0 saturated heterocycles. The van der Waals surface area contributed by atoms with E-state index < -0.39 is 22.8 Å². The number of carboxylic acids is 2. The predicted molar refractivity (Wildman–Crippen MR) is 121 cm³/mol. The number of allylic oxidation sites excluding steroid dienone is 2. The molecule has 0 spiro atoms. The van der Waals surface area contributed by atoms with Gasteiger partial charge in [-0.15, -0.1) is 0 Å². The van der Waals surface area contributed by atoms with Gasteiger partial charge in [-0.2, -0.15) is 0 Å². The molecule has 3 N–H and O–H groups in total. The number of ether oxygens (including phenoxy) is 1. The molecule has 0 fully saturated rings. The summed E-state index contributed by atoms with van der Waals surface area (Å²) < 4.78 is 5.35. The molecule has 0 amide bonds. The number of nitrogens with one attached hydrogen (secondary N) is 1. The molecule has 0 saturated carbocycles. The van der Waals surface area contributed by atoms with Crippen LogP contribution in [0.1, 0.15) is 57.7 Å². The van der Waals surface area contributed by atoms with E-state index in [1.807, 2.05) is 20.8 Å². The fraction of sp³-hybridized carbons (Fsp3) is 0.480. The Morgan fingerprint density at radius 2 is 1.88 bits per heavy atom. The molecule has 1 heterocycles. The van der Waals surface area contributed by atoms with Crippen LogP contribution in [0, 0.1) is 10.8 Å². The Morgan fingerprint density at radius 1 is 1.19 bits per heavy atom. The van der Waals surface area contributed by atoms with Crippen LogP contribution in [-0.4, -0.2) is 41.3 Å². The normalized spacial score (nSPS) is 22.0. The zero-order valence-corrected chi connectivity index (χ0v) is 19.2. The third-order valence-corrected chi connectivity index (χ3v) is 5.55. The molecule has 1 aliphatic carbocycles. The number of esters is 1. The van der Waals surface area contributed by atoms with Gasteiger partial charge in [0.25, 0.3) is 0 Å². The highest BCUT2D eigenvalue weighted by molar-refractivity contribution is 5.90. The zero-order chi connectivity index (χ0) is 23.9. The number of carboxylic acid groups (broad SMARTS) is 2. The van der Waals surface area contributed by atoms with Crippen LogP contribution in [0.5, 0.6) is 0 Å². The number of benzene rings is 1. The van der Waals surface area contributed by atoms with E-state index in [1.165, 1.54) is 36.3 Å². The minimum absolute atomic E-state index is 0.0359. The summed E-state index contributed by atoms with van der Waals surface area (Å²) in [6.07, 6.45) is 6.34. The first-order valence-corrected chi connectivity index (χ1v) is 10.8. The van der Waals surface area contributed by atoms with Crippen LogP contribution >= 0.6 is 0 Å². The van der Waals surface area contributed by atoms with Crippen LogP contribution in [0.4, 0.5) is 0 Å². The van der Waals surface area contributed by atoms with Gasteiger partial charge in [-0.1, -0.05) is 42.5 Å². The van der Waals surface area contributed by atoms with Crippen molar-refractivity contribution in [3.8, 4) is 0 Å². The van der Waals surface area contributed by atoms with Crippen molar-refractivity contribution in [1.29, 1.82) is 0 Å². The molecule has 7 heteroatoms. The second kappa shape index (κ2) is 10.6. The Kier molecular flexibility index (Phi) is 8.38. The first-order valence-electron chi connectivity index (χ1n) is 10.8. The average Bonchev–Trinajstić information content (AvgIpc) is 2.73. The van der Waals surface area contributed by atoms with Crippen LogP contribution in [0.2, 0.25) is 0 Å². The molecular formula is C25H33NO6. The number of aliphatic carboxylic acids is 2. The molecule has 2 unspecified atom stereocenters. The van der Waals surface area contributed by atoms with E-state index in [9.17, 15) is 14.4 Å². The van der Waals surface area contributed by atoms with Crippen molar-refractivity contribution in [1.82, 2.24) is 5.32 Å². The molecule has 2 atom stereocenters. The molecule has 1 aromatic rings. The fourth-order valence-electron chi connectivity index (χ4n) is 3.52. The smallest absolute Gasteiger partial charge is 0.331 e. The highest BCUT2D eigenvalue weighted by Gasteiger charge is 2.34. The topological polar surface area (TPSA) is 113 Å². The van der Waals surface area contributed by atoms with E-state index in [0.717, 1.165) is 19.4 Å². The quantitative estimate of drug-likeness (QED) is 0.592. The van der Waals surface area contributed by atoms with E-state index >= 15 is 0 Å². The third-order valence-electron chi connectivity index (χ3n) is 5.55. The van der Waals surface area contributed by atoms with Crippen LogP contribution in [0.15, 0.2) is 48.1 Å². The van der Waals surface area contributed by atoms with Crippen molar-refractivity contribution in [3.05, 3.63) is 59.2 Å². The van der Waals surface area contributed by atoms with Gasteiger partial charge in [-0.25, -0.2) is 4.79 Å². The Morgan fingerprint density at radius 3 is 2.50 bits per heavy atom. The number of carbonyl (C=O) groups excluding carboxylic acids is 1. The monoisotopic (exact) mass is 443 g/mol. The second-order valence-corrected chi connectivity index (χ2v) is 9.39. The molecule has 1 aromatic carbocycles. The van der Waals surface area contributed by atoms with Crippen LogP contribution in [-0.2, 0) is 25.5 Å². The van der Waals surface area contributed by atoms with Crippen molar-refractivity contribution < 1.29 is 29.3 Å². The molecule has 2 aliphatic rings. The van der Waals surface area contributed by atoms with Crippen LogP contribution in [0.3, 0.4) is 0 Å². The third kappa shape index (κ3) is 6.79. The van der Waals surface area contributed by atoms with Gasteiger partial charge in [0, 0.05) is 18.0 Å². The highest BCUT2D eigenvalue weighted by atomic mass is 16.5. The lowest BCUT2D eigenvalue weighted by Crippen LogP contribution is -2.31. The predicted octanol–water partition coefficient (Wildman–Crippen LogP) is 3.90. The van der Waals surface area contributed by atoms with E-state index in [0.29, 0.717) is 12.6 Å². The largest absolute Gasteiger partial charge is 0.481 e. The summed E-state index contributed by atoms with van der Waals surface area (Å²) >= 11 is 0. The van der Waals surface area contributed by atoms with Gasteiger partial charge in [0.15, 0.2) is 0 Å². The molecule has 3 rings (SSSR count). The molecule has 0 aromatic heterocycles. The summed E-state index contributed by atoms with van der Waals surface area (Å²) in [5, 5.41) is 21.0. The summed E-state index contributed by atoms with van der Waals surface area (Å²) in [5.74, 6) is -2.19. The van der Waals surface area contributed by atoms with E-state index in [-0.39, 0.29) is 18.0 Å². The Bertz CT molecular complexity index is 911. The lowest BCUT2D eigenvalue weighted by atomic mass is 9.80. The zero-order valence-electron chi connectivity index (χ0n) is 19.2. The first-order chi connectivity index (χ1) is 14.9. The van der Waals surface area contributed by atoms with Crippen molar-refractivity contribution >= 4 is 17.9 Å². The maximum atomic E-state index is 11.7. The summed E-state index contributed by atoms with van der Waals surface area (Å²) in [6.45, 7) is 8.61. The SMILES string of the molecule is CC(C)(C)C(=O)OCCC1NCCc2ccccc21.CC1(C(=O)O)C=CC=C(C(=O)O)C1. The Hall–Kier alpha value is -2.93. The van der Waals surface area contributed by atoms with Gasteiger partial charge >= 0.3 is 17.9 Å². The molecule has 0 bridgehead atoms. The molecule has 7 nitrogen and oxygen atoms in total. The number of hydrogen-bond acceptors (Lipinski definition) is 5. The van der Waals surface area contributed by atoms with Crippen molar-refractivity contribution in [2.45, 2.75) is 53.0 Å². The Labute approximate surface area is 189 Å². The van der Waals surface area contributed by atoms with Crippen molar-refractivity contribution in [3.63, 3.8) is 0 Å². The number of rotatable bonds is 5. The molecule has 32 heavy (non-hydrogen) atoms. The van der Waals surface area contributed by atoms with Gasteiger partial charge in [0.05, 0.1) is 17.4 Å². The summed E-state index contributed by atoms with van der Waals surface area (Å²) in [5.41, 5.74) is 1.39. The number of fused-ring (bicyclic) bond motifs is 1. The van der Waals surface area contributed by atoms with Gasteiger partial charge in [-0.3, -0.25) is 9.59 Å². The molecule has 174 valence electrons. The van der Waals surface area contributed by atoms with Crippen molar-refractivity contribution in [2.75, 3.05) is 13.2 Å².